The first-order valence-corrected chi connectivity index (χ1v) is 5.59. The fourth-order valence-electron chi connectivity index (χ4n) is 1.31. The predicted molar refractivity (Wildman–Crippen MR) is 55.7 cm³/mol. The van der Waals surface area contributed by atoms with E-state index < -0.39 is 0 Å². The number of esters is 1. The summed E-state index contributed by atoms with van der Waals surface area (Å²) in [5.74, 6) is -0.289. The number of hydrogen-bond acceptors (Lipinski definition) is 4. The number of nitrogens with zero attached hydrogens (tertiary/aromatic N) is 2. The molecule has 0 fully saturated rings. The smallest absolute Gasteiger partial charge is 0.342 e. The van der Waals surface area contributed by atoms with Crippen LogP contribution >= 0.6 is 11.8 Å². The monoisotopic (exact) mass is 214 g/mol. The van der Waals surface area contributed by atoms with Gasteiger partial charge in [-0.3, -0.25) is 4.68 Å². The number of carbonyl (C=O) groups is 1. The molecule has 0 aliphatic heterocycles. The quantitative estimate of drug-likeness (QED) is 0.566. The molecule has 14 heavy (non-hydrogen) atoms. The number of carbonyl (C=O) groups excluding carboxylic acids is 1. The lowest BCUT2D eigenvalue weighted by Gasteiger charge is -2.02. The van der Waals surface area contributed by atoms with E-state index >= 15 is 0 Å². The minimum Gasteiger partial charge on any atom is -0.462 e. The molecular formula is C9H14N2O2S. The van der Waals surface area contributed by atoms with Gasteiger partial charge in [0, 0.05) is 7.05 Å². The molecule has 0 bridgehead atoms. The van der Waals surface area contributed by atoms with Crippen LogP contribution in [0.1, 0.15) is 23.0 Å². The molecule has 0 aliphatic carbocycles. The number of aryl methyl sites for hydroxylation is 2. The number of aromatic nitrogens is 2. The van der Waals surface area contributed by atoms with Gasteiger partial charge in [0.25, 0.3) is 0 Å². The van der Waals surface area contributed by atoms with Crippen LogP contribution in [0.5, 0.6) is 0 Å². The Balaban J connectivity index is 3.11. The van der Waals surface area contributed by atoms with Crippen molar-refractivity contribution in [3.05, 3.63) is 11.3 Å². The van der Waals surface area contributed by atoms with Gasteiger partial charge in [0.15, 0.2) is 0 Å². The summed E-state index contributed by atoms with van der Waals surface area (Å²) >= 11 is 1.50. The van der Waals surface area contributed by atoms with E-state index in [1.165, 1.54) is 11.8 Å². The molecule has 0 saturated heterocycles. The van der Waals surface area contributed by atoms with E-state index in [9.17, 15) is 4.79 Å². The van der Waals surface area contributed by atoms with E-state index in [-0.39, 0.29) is 5.97 Å². The molecule has 1 heterocycles. The zero-order valence-electron chi connectivity index (χ0n) is 8.83. The normalized spacial score (nSPS) is 10.3. The number of thioether (sulfide) groups is 1. The Kier molecular flexibility index (Phi) is 3.57. The zero-order valence-corrected chi connectivity index (χ0v) is 9.64. The van der Waals surface area contributed by atoms with Crippen LogP contribution in [-0.2, 0) is 11.8 Å². The summed E-state index contributed by atoms with van der Waals surface area (Å²) < 4.78 is 6.66. The van der Waals surface area contributed by atoms with Crippen molar-refractivity contribution in [1.82, 2.24) is 9.78 Å². The molecular weight excluding hydrogens is 200 g/mol. The second-order valence-corrected chi connectivity index (χ2v) is 3.61. The molecule has 0 atom stereocenters. The summed E-state index contributed by atoms with van der Waals surface area (Å²) in [6.07, 6.45) is 1.92. The lowest BCUT2D eigenvalue weighted by molar-refractivity contribution is 0.0521. The average molecular weight is 214 g/mol. The third-order valence-electron chi connectivity index (χ3n) is 1.84. The summed E-state index contributed by atoms with van der Waals surface area (Å²) in [6, 6.07) is 0. The highest BCUT2D eigenvalue weighted by Gasteiger charge is 2.20. The molecule has 0 aliphatic rings. The van der Waals surface area contributed by atoms with E-state index in [4.69, 9.17) is 4.74 Å². The van der Waals surface area contributed by atoms with E-state index in [1.807, 2.05) is 20.2 Å². The van der Waals surface area contributed by atoms with Crippen LogP contribution in [0, 0.1) is 6.92 Å². The van der Waals surface area contributed by atoms with Gasteiger partial charge in [-0.1, -0.05) is 0 Å². The van der Waals surface area contributed by atoms with E-state index in [2.05, 4.69) is 5.10 Å². The topological polar surface area (TPSA) is 44.1 Å². The van der Waals surface area contributed by atoms with Crippen molar-refractivity contribution in [3.63, 3.8) is 0 Å². The van der Waals surface area contributed by atoms with Crippen LogP contribution in [0.4, 0.5) is 0 Å². The Morgan fingerprint density at radius 3 is 2.79 bits per heavy atom. The summed E-state index contributed by atoms with van der Waals surface area (Å²) in [5.41, 5.74) is 1.30. The molecule has 78 valence electrons. The second kappa shape index (κ2) is 4.50. The van der Waals surface area contributed by atoms with E-state index in [1.54, 1.807) is 11.6 Å². The SMILES string of the molecule is CCOC(=O)c1c(C)nn(C)c1SC. The third kappa shape index (κ3) is 1.92. The van der Waals surface area contributed by atoms with Crippen molar-refractivity contribution in [2.24, 2.45) is 7.05 Å². The second-order valence-electron chi connectivity index (χ2n) is 2.81. The van der Waals surface area contributed by atoms with Gasteiger partial charge in [0.2, 0.25) is 0 Å². The Morgan fingerprint density at radius 2 is 2.29 bits per heavy atom. The first kappa shape index (κ1) is 11.1. The first-order chi connectivity index (χ1) is 6.61. The number of hydrogen-bond donors (Lipinski definition) is 0. The minimum atomic E-state index is -0.289. The molecule has 0 aromatic carbocycles. The largest absolute Gasteiger partial charge is 0.462 e. The highest BCUT2D eigenvalue weighted by Crippen LogP contribution is 2.23. The van der Waals surface area contributed by atoms with Crippen molar-refractivity contribution < 1.29 is 9.53 Å². The van der Waals surface area contributed by atoms with Gasteiger partial charge < -0.3 is 4.74 Å². The Morgan fingerprint density at radius 1 is 1.64 bits per heavy atom. The summed E-state index contributed by atoms with van der Waals surface area (Å²) in [7, 11) is 1.82. The van der Waals surface area contributed by atoms with E-state index in [0.717, 1.165) is 10.7 Å². The summed E-state index contributed by atoms with van der Waals surface area (Å²) in [6.45, 7) is 4.00. The molecule has 0 unspecified atom stereocenters. The Hall–Kier alpha value is -0.970. The summed E-state index contributed by atoms with van der Waals surface area (Å²) in [4.78, 5) is 11.6. The fraction of sp³-hybridized carbons (Fsp3) is 0.556. The van der Waals surface area contributed by atoms with Crippen LogP contribution in [0.25, 0.3) is 0 Å². The van der Waals surface area contributed by atoms with Crippen LogP contribution in [0.3, 0.4) is 0 Å². The van der Waals surface area contributed by atoms with Crippen molar-refractivity contribution in [2.75, 3.05) is 12.9 Å². The van der Waals surface area contributed by atoms with Crippen molar-refractivity contribution >= 4 is 17.7 Å². The molecule has 0 amide bonds. The lowest BCUT2D eigenvalue weighted by atomic mass is 10.3. The molecule has 1 aromatic rings. The molecule has 4 nitrogen and oxygen atoms in total. The maximum atomic E-state index is 11.6. The predicted octanol–water partition coefficient (Wildman–Crippen LogP) is 1.63. The maximum absolute atomic E-state index is 11.6. The average Bonchev–Trinajstić information content (AvgIpc) is 2.40. The van der Waals surface area contributed by atoms with Crippen molar-refractivity contribution in [2.45, 2.75) is 18.9 Å². The van der Waals surface area contributed by atoms with Gasteiger partial charge in [0.1, 0.15) is 10.6 Å². The first-order valence-electron chi connectivity index (χ1n) is 4.36. The zero-order chi connectivity index (χ0) is 10.7. The van der Waals surface area contributed by atoms with Crippen LogP contribution in [0.2, 0.25) is 0 Å². The number of rotatable bonds is 3. The third-order valence-corrected chi connectivity index (χ3v) is 2.70. The molecule has 0 N–H and O–H groups in total. The molecule has 5 heteroatoms. The fourth-order valence-corrected chi connectivity index (χ4v) is 2.05. The summed E-state index contributed by atoms with van der Waals surface area (Å²) in [5, 5.41) is 5.03. The van der Waals surface area contributed by atoms with Gasteiger partial charge in [0.05, 0.1) is 12.3 Å². The molecule has 0 spiro atoms. The van der Waals surface area contributed by atoms with Gasteiger partial charge in [-0.15, -0.1) is 11.8 Å². The van der Waals surface area contributed by atoms with Crippen molar-refractivity contribution in [1.29, 1.82) is 0 Å². The highest BCUT2D eigenvalue weighted by molar-refractivity contribution is 7.98. The number of ether oxygens (including phenoxy) is 1. The van der Waals surface area contributed by atoms with Crippen LogP contribution in [0.15, 0.2) is 5.03 Å². The molecule has 0 radical (unpaired) electrons. The standard InChI is InChI=1S/C9H14N2O2S/c1-5-13-9(12)7-6(2)10-11(3)8(7)14-4/h5H2,1-4H3. The van der Waals surface area contributed by atoms with Gasteiger partial charge in [-0.2, -0.15) is 5.10 Å². The van der Waals surface area contributed by atoms with Gasteiger partial charge in [-0.05, 0) is 20.1 Å². The maximum Gasteiger partial charge on any atom is 0.342 e. The molecule has 0 saturated carbocycles. The highest BCUT2D eigenvalue weighted by atomic mass is 32.2. The van der Waals surface area contributed by atoms with Crippen molar-refractivity contribution in [3.8, 4) is 0 Å². The molecule has 1 rings (SSSR count). The van der Waals surface area contributed by atoms with E-state index in [0.29, 0.717) is 12.2 Å². The van der Waals surface area contributed by atoms with Crippen LogP contribution < -0.4 is 0 Å². The van der Waals surface area contributed by atoms with Gasteiger partial charge >= 0.3 is 5.97 Å². The Labute approximate surface area is 87.6 Å². The van der Waals surface area contributed by atoms with Gasteiger partial charge in [-0.25, -0.2) is 4.79 Å². The minimum absolute atomic E-state index is 0.289. The molecule has 1 aromatic heterocycles. The lowest BCUT2D eigenvalue weighted by Crippen LogP contribution is -2.06. The Bertz CT molecular complexity index is 347. The van der Waals surface area contributed by atoms with Crippen LogP contribution in [-0.4, -0.2) is 28.6 Å².